The van der Waals surface area contributed by atoms with Gasteiger partial charge in [0.25, 0.3) is 0 Å². The van der Waals surface area contributed by atoms with Crippen LogP contribution in [0.1, 0.15) is 11.3 Å². The van der Waals surface area contributed by atoms with Crippen molar-refractivity contribution in [3.8, 4) is 5.75 Å². The molecule has 6 heteroatoms. The van der Waals surface area contributed by atoms with Gasteiger partial charge in [0.05, 0.1) is 7.11 Å². The second-order valence-electron chi connectivity index (χ2n) is 5.64. The molecule has 0 aliphatic carbocycles. The van der Waals surface area contributed by atoms with Gasteiger partial charge in [-0.25, -0.2) is 0 Å². The van der Waals surface area contributed by atoms with Crippen molar-refractivity contribution < 1.29 is 9.15 Å². The zero-order chi connectivity index (χ0) is 16.7. The van der Waals surface area contributed by atoms with Crippen LogP contribution in [0.25, 0.3) is 11.0 Å². The summed E-state index contributed by atoms with van der Waals surface area (Å²) in [4.78, 5) is 2.05. The predicted molar refractivity (Wildman–Crippen MR) is 98.8 cm³/mol. The third kappa shape index (κ3) is 3.00. The molecule has 1 N–H and O–H groups in total. The first kappa shape index (κ1) is 16.2. The molecule has 124 valence electrons. The molecule has 0 bridgehead atoms. The van der Waals surface area contributed by atoms with E-state index >= 15 is 0 Å². The van der Waals surface area contributed by atoms with E-state index in [1.54, 1.807) is 24.9 Å². The number of benzene rings is 2. The highest BCUT2D eigenvalue weighted by Crippen LogP contribution is 2.40. The third-order valence-corrected chi connectivity index (χ3v) is 5.42. The lowest BCUT2D eigenvalue weighted by Crippen LogP contribution is -2.22. The molecule has 0 spiro atoms. The van der Waals surface area contributed by atoms with Crippen LogP contribution >= 0.6 is 35.0 Å². The average Bonchev–Trinajstić information content (AvgIpc) is 2.92. The molecular formula is C18H15Cl2NO2S. The van der Waals surface area contributed by atoms with Crippen LogP contribution in [0.4, 0.5) is 0 Å². The van der Waals surface area contributed by atoms with Gasteiger partial charge in [-0.05, 0) is 30.3 Å². The summed E-state index contributed by atoms with van der Waals surface area (Å²) >= 11 is 13.8. The summed E-state index contributed by atoms with van der Waals surface area (Å²) in [6.07, 6.45) is 0.902. The van der Waals surface area contributed by atoms with Gasteiger partial charge in [0.15, 0.2) is 11.3 Å². The zero-order valence-corrected chi connectivity index (χ0v) is 15.3. The van der Waals surface area contributed by atoms with Crippen LogP contribution in [0, 0.1) is 0 Å². The molecule has 1 aliphatic rings. The van der Waals surface area contributed by atoms with Crippen molar-refractivity contribution in [2.45, 2.75) is 22.8 Å². The number of hydrogen-bond donors (Lipinski definition) is 1. The highest BCUT2D eigenvalue weighted by atomic mass is 35.5. The number of halogens is 2. The van der Waals surface area contributed by atoms with Crippen molar-refractivity contribution in [1.29, 1.82) is 0 Å². The summed E-state index contributed by atoms with van der Waals surface area (Å²) in [5.41, 5.74) is 2.04. The first-order valence-electron chi connectivity index (χ1n) is 7.61. The Morgan fingerprint density at radius 1 is 1.08 bits per heavy atom. The van der Waals surface area contributed by atoms with Crippen molar-refractivity contribution in [2.75, 3.05) is 13.7 Å². The van der Waals surface area contributed by atoms with Gasteiger partial charge in [0.1, 0.15) is 5.76 Å². The van der Waals surface area contributed by atoms with Crippen molar-refractivity contribution in [2.24, 2.45) is 0 Å². The standard InChI is InChI=1S/C18H15Cl2NO2S/c1-22-17-8-13(24-12-5-10(19)4-11(20)6-12)7-14-15-9-21-3-2-16(15)23-18(14)17/h4-8,21H,2-3,9H2,1H3. The van der Waals surface area contributed by atoms with E-state index in [0.29, 0.717) is 10.0 Å². The predicted octanol–water partition coefficient (Wildman–Crippen LogP) is 5.55. The van der Waals surface area contributed by atoms with Crippen LogP contribution in [0.5, 0.6) is 5.75 Å². The fourth-order valence-electron chi connectivity index (χ4n) is 2.99. The first-order chi connectivity index (χ1) is 11.6. The lowest BCUT2D eigenvalue weighted by molar-refractivity contribution is 0.405. The van der Waals surface area contributed by atoms with Gasteiger partial charge in [-0.3, -0.25) is 0 Å². The molecule has 1 aromatic heterocycles. The highest BCUT2D eigenvalue weighted by molar-refractivity contribution is 7.99. The Morgan fingerprint density at radius 3 is 2.58 bits per heavy atom. The van der Waals surface area contributed by atoms with Gasteiger partial charge in [-0.2, -0.15) is 0 Å². The van der Waals surface area contributed by atoms with Crippen LogP contribution in [0.3, 0.4) is 0 Å². The Balaban J connectivity index is 1.80. The van der Waals surface area contributed by atoms with Gasteiger partial charge in [-0.15, -0.1) is 0 Å². The van der Waals surface area contributed by atoms with Crippen LogP contribution < -0.4 is 10.1 Å². The Morgan fingerprint density at radius 2 is 1.83 bits per heavy atom. The Bertz CT molecular complexity index is 903. The molecule has 3 aromatic rings. The molecule has 0 unspecified atom stereocenters. The van der Waals surface area contributed by atoms with Gasteiger partial charge in [0.2, 0.25) is 0 Å². The molecular weight excluding hydrogens is 365 g/mol. The minimum absolute atomic E-state index is 0.628. The number of ether oxygens (including phenoxy) is 1. The van der Waals surface area contributed by atoms with E-state index in [0.717, 1.165) is 51.8 Å². The quantitative estimate of drug-likeness (QED) is 0.647. The van der Waals surface area contributed by atoms with E-state index < -0.39 is 0 Å². The maximum Gasteiger partial charge on any atom is 0.176 e. The van der Waals surface area contributed by atoms with E-state index in [9.17, 15) is 0 Å². The number of methoxy groups -OCH3 is 1. The molecule has 0 radical (unpaired) electrons. The number of hydrogen-bond acceptors (Lipinski definition) is 4. The summed E-state index contributed by atoms with van der Waals surface area (Å²) in [5, 5.41) is 5.76. The molecule has 0 amide bonds. The molecule has 0 atom stereocenters. The normalized spacial score (nSPS) is 14.0. The molecule has 2 aromatic carbocycles. The van der Waals surface area contributed by atoms with Crippen LogP contribution in [-0.4, -0.2) is 13.7 Å². The maximum absolute atomic E-state index is 6.10. The largest absolute Gasteiger partial charge is 0.493 e. The van der Waals surface area contributed by atoms with E-state index in [4.69, 9.17) is 32.4 Å². The Hall–Kier alpha value is -1.33. The average molecular weight is 380 g/mol. The summed E-state index contributed by atoms with van der Waals surface area (Å²) in [7, 11) is 1.67. The van der Waals surface area contributed by atoms with Crippen LogP contribution in [0.15, 0.2) is 44.5 Å². The molecule has 2 heterocycles. The van der Waals surface area contributed by atoms with Crippen LogP contribution in [0.2, 0.25) is 10.0 Å². The molecule has 24 heavy (non-hydrogen) atoms. The van der Waals surface area contributed by atoms with Gasteiger partial charge >= 0.3 is 0 Å². The highest BCUT2D eigenvalue weighted by Gasteiger charge is 2.21. The summed E-state index contributed by atoms with van der Waals surface area (Å²) in [5.74, 6) is 1.80. The number of rotatable bonds is 3. The van der Waals surface area contributed by atoms with Gasteiger partial charge in [-0.1, -0.05) is 35.0 Å². The lowest BCUT2D eigenvalue weighted by Gasteiger charge is -2.11. The van der Waals surface area contributed by atoms with Crippen molar-refractivity contribution in [3.63, 3.8) is 0 Å². The van der Waals surface area contributed by atoms with E-state index in [1.807, 2.05) is 18.2 Å². The monoisotopic (exact) mass is 379 g/mol. The van der Waals surface area contributed by atoms with E-state index in [1.165, 1.54) is 5.56 Å². The summed E-state index contributed by atoms with van der Waals surface area (Å²) < 4.78 is 11.6. The zero-order valence-electron chi connectivity index (χ0n) is 13.0. The van der Waals surface area contributed by atoms with Crippen molar-refractivity contribution >= 4 is 45.9 Å². The smallest absolute Gasteiger partial charge is 0.176 e. The van der Waals surface area contributed by atoms with E-state index in [2.05, 4.69) is 11.4 Å². The Kier molecular flexibility index (Phi) is 4.39. The van der Waals surface area contributed by atoms with Gasteiger partial charge in [0, 0.05) is 50.3 Å². The topological polar surface area (TPSA) is 34.4 Å². The van der Waals surface area contributed by atoms with E-state index in [-0.39, 0.29) is 0 Å². The molecule has 0 saturated carbocycles. The summed E-state index contributed by atoms with van der Waals surface area (Å²) in [6.45, 7) is 1.76. The fourth-order valence-corrected chi connectivity index (χ4v) is 4.63. The number of furan rings is 1. The Labute approximate surface area is 154 Å². The number of nitrogens with one attached hydrogen (secondary N) is 1. The molecule has 3 nitrogen and oxygen atoms in total. The minimum atomic E-state index is 0.628. The molecule has 0 saturated heterocycles. The lowest BCUT2D eigenvalue weighted by atomic mass is 10.1. The first-order valence-corrected chi connectivity index (χ1v) is 9.18. The maximum atomic E-state index is 6.10. The third-order valence-electron chi connectivity index (χ3n) is 4.04. The van der Waals surface area contributed by atoms with Gasteiger partial charge < -0.3 is 14.5 Å². The van der Waals surface area contributed by atoms with Crippen molar-refractivity contribution in [3.05, 3.63) is 51.7 Å². The number of fused-ring (bicyclic) bond motifs is 3. The molecule has 4 rings (SSSR count). The second kappa shape index (κ2) is 6.52. The molecule has 0 fully saturated rings. The van der Waals surface area contributed by atoms with Crippen molar-refractivity contribution in [1.82, 2.24) is 5.32 Å². The SMILES string of the molecule is COc1cc(Sc2cc(Cl)cc(Cl)c2)cc2c3c(oc12)CCNC3. The van der Waals surface area contributed by atoms with Crippen LogP contribution in [-0.2, 0) is 13.0 Å². The molecule has 1 aliphatic heterocycles. The summed E-state index contributed by atoms with van der Waals surface area (Å²) in [6, 6.07) is 9.67. The second-order valence-corrected chi connectivity index (χ2v) is 7.66. The minimum Gasteiger partial charge on any atom is -0.493 e. The fraction of sp³-hybridized carbons (Fsp3) is 0.222.